The van der Waals surface area contributed by atoms with E-state index in [1.807, 2.05) is 43.4 Å². The summed E-state index contributed by atoms with van der Waals surface area (Å²) in [5.74, 6) is -0.202. The van der Waals surface area contributed by atoms with Gasteiger partial charge in [-0.25, -0.2) is 13.1 Å². The van der Waals surface area contributed by atoms with Crippen molar-refractivity contribution in [1.82, 2.24) is 10.0 Å². The maximum Gasteiger partial charge on any atom is 0.251 e. The number of rotatable bonds is 8. The Bertz CT molecular complexity index is 831. The van der Waals surface area contributed by atoms with Gasteiger partial charge in [-0.2, -0.15) is 0 Å². The third-order valence-corrected chi connectivity index (χ3v) is 5.52. The minimum Gasteiger partial charge on any atom is -0.375 e. The van der Waals surface area contributed by atoms with E-state index in [9.17, 15) is 13.2 Å². The fourth-order valence-corrected chi connectivity index (χ4v) is 3.15. The molecule has 0 aliphatic heterocycles. The van der Waals surface area contributed by atoms with Crippen LogP contribution in [-0.2, 0) is 22.3 Å². The van der Waals surface area contributed by atoms with Crippen molar-refractivity contribution in [2.45, 2.75) is 19.2 Å². The molecule has 0 spiro atoms. The van der Waals surface area contributed by atoms with E-state index in [-0.39, 0.29) is 11.7 Å². The van der Waals surface area contributed by atoms with Gasteiger partial charge in [-0.1, -0.05) is 24.3 Å². The molecule has 2 rings (SSSR count). The molecular formula is C19H25N3O3S. The first-order valence-electron chi connectivity index (χ1n) is 8.43. The molecule has 0 heterocycles. The molecule has 0 bridgehead atoms. The van der Waals surface area contributed by atoms with E-state index >= 15 is 0 Å². The predicted molar refractivity (Wildman–Crippen MR) is 105 cm³/mol. The molecule has 26 heavy (non-hydrogen) atoms. The second-order valence-electron chi connectivity index (χ2n) is 6.02. The molecule has 0 radical (unpaired) electrons. The molecule has 0 aliphatic carbocycles. The average molecular weight is 375 g/mol. The number of sulfonamides is 1. The van der Waals surface area contributed by atoms with Crippen molar-refractivity contribution in [2.75, 3.05) is 25.5 Å². The standard InChI is InChI=1S/C19H25N3O3S/c1-4-22(3)18-11-9-17(10-12-18)19(23)21-13-15-5-7-16(8-6-15)14-26(24,25)20-2/h5-12,20H,4,13-14H2,1-3H3,(H,21,23). The van der Waals surface area contributed by atoms with Crippen LogP contribution in [0.3, 0.4) is 0 Å². The zero-order chi connectivity index (χ0) is 19.2. The smallest absolute Gasteiger partial charge is 0.251 e. The van der Waals surface area contributed by atoms with Crippen molar-refractivity contribution in [1.29, 1.82) is 0 Å². The van der Waals surface area contributed by atoms with Gasteiger partial charge in [0.15, 0.2) is 0 Å². The highest BCUT2D eigenvalue weighted by atomic mass is 32.2. The molecule has 6 nitrogen and oxygen atoms in total. The second-order valence-corrected chi connectivity index (χ2v) is 7.95. The highest BCUT2D eigenvalue weighted by Gasteiger charge is 2.09. The number of carbonyl (C=O) groups excluding carboxylic acids is 1. The first kappa shape index (κ1) is 19.9. The van der Waals surface area contributed by atoms with Crippen molar-refractivity contribution < 1.29 is 13.2 Å². The quantitative estimate of drug-likeness (QED) is 0.741. The van der Waals surface area contributed by atoms with Gasteiger partial charge >= 0.3 is 0 Å². The summed E-state index contributed by atoms with van der Waals surface area (Å²) < 4.78 is 25.4. The number of hydrogen-bond donors (Lipinski definition) is 2. The van der Waals surface area contributed by atoms with E-state index in [0.717, 1.165) is 17.8 Å². The largest absolute Gasteiger partial charge is 0.375 e. The summed E-state index contributed by atoms with van der Waals surface area (Å²) in [5, 5.41) is 2.87. The summed E-state index contributed by atoms with van der Waals surface area (Å²) in [6.07, 6.45) is 0. The Balaban J connectivity index is 1.93. The van der Waals surface area contributed by atoms with Crippen molar-refractivity contribution in [3.63, 3.8) is 0 Å². The van der Waals surface area contributed by atoms with E-state index in [4.69, 9.17) is 0 Å². The van der Waals surface area contributed by atoms with Crippen molar-refractivity contribution in [3.8, 4) is 0 Å². The van der Waals surface area contributed by atoms with Gasteiger partial charge in [0.25, 0.3) is 5.91 Å². The van der Waals surface area contributed by atoms with Crippen molar-refractivity contribution in [2.24, 2.45) is 0 Å². The minimum absolute atomic E-state index is 0.0608. The zero-order valence-electron chi connectivity index (χ0n) is 15.3. The first-order chi connectivity index (χ1) is 12.3. The molecular weight excluding hydrogens is 350 g/mol. The molecule has 0 aromatic heterocycles. The number of nitrogens with one attached hydrogen (secondary N) is 2. The van der Waals surface area contributed by atoms with Crippen LogP contribution in [-0.4, -0.2) is 35.0 Å². The highest BCUT2D eigenvalue weighted by molar-refractivity contribution is 7.88. The van der Waals surface area contributed by atoms with Crippen LogP contribution in [0, 0.1) is 0 Å². The maximum absolute atomic E-state index is 12.2. The van der Waals surface area contributed by atoms with E-state index in [0.29, 0.717) is 17.7 Å². The third kappa shape index (κ3) is 5.57. The molecule has 2 aromatic rings. The third-order valence-electron chi connectivity index (χ3n) is 4.19. The Morgan fingerprint density at radius 3 is 2.12 bits per heavy atom. The molecule has 2 N–H and O–H groups in total. The molecule has 0 fully saturated rings. The number of benzene rings is 2. The number of amides is 1. The van der Waals surface area contributed by atoms with Crippen molar-refractivity contribution >= 4 is 21.6 Å². The predicted octanol–water partition coefficient (Wildman–Crippen LogP) is 2.12. The Hall–Kier alpha value is -2.38. The lowest BCUT2D eigenvalue weighted by atomic mass is 10.1. The maximum atomic E-state index is 12.2. The number of anilines is 1. The molecule has 0 unspecified atom stereocenters. The normalized spacial score (nSPS) is 11.2. The lowest BCUT2D eigenvalue weighted by molar-refractivity contribution is 0.0951. The lowest BCUT2D eigenvalue weighted by Crippen LogP contribution is -2.23. The Labute approximate surface area is 155 Å². The summed E-state index contributed by atoms with van der Waals surface area (Å²) in [7, 11) is 0.113. The number of hydrogen-bond acceptors (Lipinski definition) is 4. The molecule has 7 heteroatoms. The summed E-state index contributed by atoms with van der Waals surface area (Å²) in [6, 6.07) is 14.6. The lowest BCUT2D eigenvalue weighted by Gasteiger charge is -2.16. The SMILES string of the molecule is CCN(C)c1ccc(C(=O)NCc2ccc(CS(=O)(=O)NC)cc2)cc1. The topological polar surface area (TPSA) is 78.5 Å². The van der Waals surface area contributed by atoms with Crippen LogP contribution in [0.25, 0.3) is 0 Å². The summed E-state index contributed by atoms with van der Waals surface area (Å²) in [4.78, 5) is 14.3. The van der Waals surface area contributed by atoms with Crippen molar-refractivity contribution in [3.05, 3.63) is 65.2 Å². The zero-order valence-corrected chi connectivity index (χ0v) is 16.1. The summed E-state index contributed by atoms with van der Waals surface area (Å²) in [5.41, 5.74) is 3.28. The highest BCUT2D eigenvalue weighted by Crippen LogP contribution is 2.14. The van der Waals surface area contributed by atoms with E-state index < -0.39 is 10.0 Å². The Morgan fingerprint density at radius 1 is 1.00 bits per heavy atom. The van der Waals surface area contributed by atoms with Crippen LogP contribution in [0.4, 0.5) is 5.69 Å². The minimum atomic E-state index is -3.28. The van der Waals surface area contributed by atoms with Gasteiger partial charge in [-0.3, -0.25) is 4.79 Å². The Morgan fingerprint density at radius 2 is 1.58 bits per heavy atom. The van der Waals surface area contributed by atoms with Gasteiger partial charge in [0, 0.05) is 31.4 Å². The molecule has 0 atom stereocenters. The van der Waals surface area contributed by atoms with Gasteiger partial charge in [-0.05, 0) is 49.4 Å². The number of carbonyl (C=O) groups is 1. The van der Waals surface area contributed by atoms with E-state index in [2.05, 4.69) is 21.9 Å². The molecule has 2 aromatic carbocycles. The molecule has 0 aliphatic rings. The van der Waals surface area contributed by atoms with Gasteiger partial charge < -0.3 is 10.2 Å². The Kier molecular flexibility index (Phi) is 6.76. The average Bonchev–Trinajstić information content (AvgIpc) is 2.66. The number of nitrogens with zero attached hydrogens (tertiary/aromatic N) is 1. The molecule has 1 amide bonds. The fraction of sp³-hybridized carbons (Fsp3) is 0.316. The van der Waals surface area contributed by atoms with E-state index in [1.165, 1.54) is 7.05 Å². The fourth-order valence-electron chi connectivity index (χ4n) is 2.38. The van der Waals surface area contributed by atoms with E-state index in [1.54, 1.807) is 12.1 Å². The monoisotopic (exact) mass is 375 g/mol. The molecule has 0 saturated carbocycles. The van der Waals surface area contributed by atoms with Gasteiger partial charge in [-0.15, -0.1) is 0 Å². The van der Waals surface area contributed by atoms with Crippen LogP contribution in [0.1, 0.15) is 28.4 Å². The van der Waals surface area contributed by atoms with Gasteiger partial charge in [0.05, 0.1) is 5.75 Å². The van der Waals surface area contributed by atoms with Crippen LogP contribution >= 0.6 is 0 Å². The molecule has 0 saturated heterocycles. The van der Waals surface area contributed by atoms with Crippen LogP contribution < -0.4 is 14.9 Å². The van der Waals surface area contributed by atoms with Crippen LogP contribution in [0.5, 0.6) is 0 Å². The van der Waals surface area contributed by atoms with Gasteiger partial charge in [0.1, 0.15) is 0 Å². The second kappa shape index (κ2) is 8.82. The van der Waals surface area contributed by atoms with Crippen LogP contribution in [0.15, 0.2) is 48.5 Å². The summed E-state index contributed by atoms with van der Waals surface area (Å²) >= 11 is 0. The van der Waals surface area contributed by atoms with Crippen LogP contribution in [0.2, 0.25) is 0 Å². The van der Waals surface area contributed by atoms with Gasteiger partial charge in [0.2, 0.25) is 10.0 Å². The molecule has 140 valence electrons. The first-order valence-corrected chi connectivity index (χ1v) is 10.1. The summed E-state index contributed by atoms with van der Waals surface area (Å²) in [6.45, 7) is 3.35.